The Balaban J connectivity index is 1.88. The Morgan fingerprint density at radius 1 is 0.742 bits per heavy atom. The topological polar surface area (TPSA) is 75.6 Å². The normalized spacial score (nSPS) is 11.4. The van der Waals surface area contributed by atoms with Crippen molar-refractivity contribution in [1.82, 2.24) is 19.6 Å². The van der Waals surface area contributed by atoms with Gasteiger partial charge in [0.1, 0.15) is 0 Å². The van der Waals surface area contributed by atoms with Crippen LogP contribution in [0.1, 0.15) is 54.6 Å². The first-order chi connectivity index (χ1) is 15.0. The smallest absolute Gasteiger partial charge is 0.275 e. The Morgan fingerprint density at radius 2 is 1.16 bits per heavy atom. The number of benzene rings is 2. The van der Waals surface area contributed by atoms with Gasteiger partial charge in [-0.25, -0.2) is 9.36 Å². The number of unbranched alkanes of at least 4 members (excludes halogenated alkanes) is 1. The molecule has 0 aliphatic rings. The summed E-state index contributed by atoms with van der Waals surface area (Å²) in [7, 11) is 0. The lowest BCUT2D eigenvalue weighted by molar-refractivity contribution is 0.639. The molecule has 0 unspecified atom stereocenters. The average Bonchev–Trinajstić information content (AvgIpc) is 3.25. The minimum atomic E-state index is -0.276. The predicted molar refractivity (Wildman–Crippen MR) is 124 cm³/mol. The number of aromatic amines is 2. The molecule has 0 bridgehead atoms. The number of nitrogens with zero attached hydrogens (tertiary/aromatic N) is 2. The first-order valence-corrected chi connectivity index (χ1v) is 10.8. The van der Waals surface area contributed by atoms with Crippen molar-refractivity contribution in [2.45, 2.75) is 46.0 Å². The first-order valence-electron chi connectivity index (χ1n) is 10.8. The molecule has 0 aliphatic heterocycles. The second kappa shape index (κ2) is 8.68. The van der Waals surface area contributed by atoms with E-state index in [2.05, 4.69) is 17.1 Å². The summed E-state index contributed by atoms with van der Waals surface area (Å²) in [6.07, 6.45) is 2.65. The molecule has 0 spiro atoms. The molecule has 6 nitrogen and oxygen atoms in total. The third-order valence-electron chi connectivity index (χ3n) is 5.81. The van der Waals surface area contributed by atoms with Gasteiger partial charge in [-0.1, -0.05) is 56.2 Å². The van der Waals surface area contributed by atoms with Crippen molar-refractivity contribution in [1.29, 1.82) is 0 Å². The molecule has 4 aromatic rings. The van der Waals surface area contributed by atoms with E-state index in [0.717, 1.165) is 42.0 Å². The third kappa shape index (κ3) is 3.81. The molecule has 4 rings (SSSR count). The van der Waals surface area contributed by atoms with Crippen molar-refractivity contribution in [3.8, 4) is 11.4 Å². The van der Waals surface area contributed by atoms with Gasteiger partial charge in [0.2, 0.25) is 0 Å². The van der Waals surface area contributed by atoms with Crippen molar-refractivity contribution in [3.63, 3.8) is 0 Å². The second-order valence-corrected chi connectivity index (χ2v) is 7.95. The predicted octanol–water partition coefficient (Wildman–Crippen LogP) is 4.58. The highest BCUT2D eigenvalue weighted by Crippen LogP contribution is 2.30. The molecule has 0 radical (unpaired) electrons. The van der Waals surface area contributed by atoms with E-state index in [9.17, 15) is 9.59 Å². The van der Waals surface area contributed by atoms with Gasteiger partial charge in [0, 0.05) is 28.4 Å². The number of para-hydroxylation sites is 2. The fourth-order valence-electron chi connectivity index (χ4n) is 4.30. The fourth-order valence-corrected chi connectivity index (χ4v) is 4.30. The number of aromatic nitrogens is 4. The zero-order valence-electron chi connectivity index (χ0n) is 18.2. The molecule has 0 saturated carbocycles. The Bertz CT molecular complexity index is 1180. The Hall–Kier alpha value is -3.54. The quantitative estimate of drug-likeness (QED) is 0.463. The van der Waals surface area contributed by atoms with E-state index in [0.29, 0.717) is 11.1 Å². The van der Waals surface area contributed by atoms with Crippen LogP contribution in [0.5, 0.6) is 0 Å². The standard InChI is InChI=1S/C25H28N4O2/c1-4-5-16-21(22-17(2)26-28(24(22)30)19-12-8-6-9-13-19)23-18(3)27-29(25(23)31)20-14-10-7-11-15-20/h6-15,21,26-27H,4-5,16H2,1-3H3. The largest absolute Gasteiger partial charge is 0.295 e. The molecular formula is C25H28N4O2. The lowest BCUT2D eigenvalue weighted by Crippen LogP contribution is -2.24. The van der Waals surface area contributed by atoms with Crippen molar-refractivity contribution >= 4 is 0 Å². The molecule has 160 valence electrons. The van der Waals surface area contributed by atoms with E-state index >= 15 is 0 Å². The first kappa shape index (κ1) is 20.7. The maximum Gasteiger partial charge on any atom is 0.275 e. The summed E-state index contributed by atoms with van der Waals surface area (Å²) in [5, 5.41) is 6.44. The lowest BCUT2D eigenvalue weighted by Gasteiger charge is -2.14. The van der Waals surface area contributed by atoms with Crippen LogP contribution < -0.4 is 11.1 Å². The van der Waals surface area contributed by atoms with Crippen LogP contribution in [0.2, 0.25) is 0 Å². The van der Waals surface area contributed by atoms with Crippen LogP contribution in [0.4, 0.5) is 0 Å². The zero-order chi connectivity index (χ0) is 22.0. The van der Waals surface area contributed by atoms with Crippen LogP contribution in [0.25, 0.3) is 11.4 Å². The fraction of sp³-hybridized carbons (Fsp3) is 0.280. The molecule has 2 heterocycles. The van der Waals surface area contributed by atoms with Crippen LogP contribution >= 0.6 is 0 Å². The summed E-state index contributed by atoms with van der Waals surface area (Å²) in [5.74, 6) is -0.276. The van der Waals surface area contributed by atoms with E-state index in [1.807, 2.05) is 74.5 Å². The molecule has 2 aromatic carbocycles. The van der Waals surface area contributed by atoms with E-state index in [1.54, 1.807) is 9.36 Å². The highest BCUT2D eigenvalue weighted by atomic mass is 16.1. The Labute approximate surface area is 181 Å². The summed E-state index contributed by atoms with van der Waals surface area (Å²) in [5.41, 5.74) is 4.27. The SMILES string of the molecule is CCCCC(c1c(C)[nH]n(-c2ccccc2)c1=O)c1c(C)[nH]n(-c2ccccc2)c1=O. The van der Waals surface area contributed by atoms with E-state index in [4.69, 9.17) is 0 Å². The van der Waals surface area contributed by atoms with Gasteiger partial charge in [0.05, 0.1) is 11.4 Å². The van der Waals surface area contributed by atoms with Gasteiger partial charge in [-0.3, -0.25) is 19.8 Å². The summed E-state index contributed by atoms with van der Waals surface area (Å²) in [4.78, 5) is 27.0. The van der Waals surface area contributed by atoms with Crippen molar-refractivity contribution in [2.24, 2.45) is 0 Å². The molecule has 0 atom stereocenters. The van der Waals surface area contributed by atoms with Crippen LogP contribution in [0.3, 0.4) is 0 Å². The Morgan fingerprint density at radius 3 is 1.55 bits per heavy atom. The summed E-state index contributed by atoms with van der Waals surface area (Å²) < 4.78 is 3.14. The number of aryl methyl sites for hydroxylation is 2. The summed E-state index contributed by atoms with van der Waals surface area (Å²) in [6.45, 7) is 5.94. The Kier molecular flexibility index (Phi) is 5.80. The van der Waals surface area contributed by atoms with E-state index < -0.39 is 0 Å². The van der Waals surface area contributed by atoms with Crippen molar-refractivity contribution in [2.75, 3.05) is 0 Å². The van der Waals surface area contributed by atoms with Crippen LogP contribution in [-0.2, 0) is 0 Å². The monoisotopic (exact) mass is 416 g/mol. The van der Waals surface area contributed by atoms with Gasteiger partial charge in [0.15, 0.2) is 0 Å². The molecule has 6 heteroatoms. The van der Waals surface area contributed by atoms with Crippen molar-refractivity contribution < 1.29 is 0 Å². The maximum atomic E-state index is 13.5. The maximum absolute atomic E-state index is 13.5. The van der Waals surface area contributed by atoms with Crippen LogP contribution in [-0.4, -0.2) is 19.6 Å². The average molecular weight is 417 g/mol. The van der Waals surface area contributed by atoms with Gasteiger partial charge in [-0.05, 0) is 44.5 Å². The molecule has 0 saturated heterocycles. The summed E-state index contributed by atoms with van der Waals surface area (Å²) >= 11 is 0. The molecule has 2 aromatic heterocycles. The molecule has 0 fully saturated rings. The zero-order valence-corrected chi connectivity index (χ0v) is 18.2. The number of rotatable bonds is 7. The second-order valence-electron chi connectivity index (χ2n) is 7.95. The minimum absolute atomic E-state index is 0.101. The molecular weight excluding hydrogens is 388 g/mol. The number of hydrogen-bond acceptors (Lipinski definition) is 2. The molecule has 0 amide bonds. The highest BCUT2D eigenvalue weighted by Gasteiger charge is 2.28. The van der Waals surface area contributed by atoms with Gasteiger partial charge in [-0.2, -0.15) is 0 Å². The van der Waals surface area contributed by atoms with Gasteiger partial charge in [-0.15, -0.1) is 0 Å². The highest BCUT2D eigenvalue weighted by molar-refractivity contribution is 5.40. The van der Waals surface area contributed by atoms with Crippen LogP contribution in [0, 0.1) is 13.8 Å². The van der Waals surface area contributed by atoms with Gasteiger partial charge >= 0.3 is 0 Å². The van der Waals surface area contributed by atoms with E-state index in [-0.39, 0.29) is 17.0 Å². The minimum Gasteiger partial charge on any atom is -0.295 e. The molecule has 0 aliphatic carbocycles. The molecule has 2 N–H and O–H groups in total. The van der Waals surface area contributed by atoms with E-state index in [1.165, 1.54) is 0 Å². The number of hydrogen-bond donors (Lipinski definition) is 2. The van der Waals surface area contributed by atoms with Crippen LogP contribution in [0.15, 0.2) is 70.3 Å². The van der Waals surface area contributed by atoms with Gasteiger partial charge < -0.3 is 0 Å². The number of H-pyrrole nitrogens is 2. The molecule has 31 heavy (non-hydrogen) atoms. The number of nitrogens with one attached hydrogen (secondary N) is 2. The van der Waals surface area contributed by atoms with Crippen molar-refractivity contribution in [3.05, 3.63) is 104 Å². The van der Waals surface area contributed by atoms with Gasteiger partial charge in [0.25, 0.3) is 11.1 Å². The summed E-state index contributed by atoms with van der Waals surface area (Å²) in [6, 6.07) is 19.0. The lowest BCUT2D eigenvalue weighted by atomic mass is 9.87. The third-order valence-corrected chi connectivity index (χ3v) is 5.81.